The van der Waals surface area contributed by atoms with Gasteiger partial charge in [-0.1, -0.05) is 38.1 Å². The zero-order valence-corrected chi connectivity index (χ0v) is 23.2. The Kier molecular flexibility index (Phi) is 8.54. The number of hydrogen-bond acceptors (Lipinski definition) is 4. The summed E-state index contributed by atoms with van der Waals surface area (Å²) in [7, 11) is 0. The third-order valence-corrected chi connectivity index (χ3v) is 8.21. The first-order valence-electron chi connectivity index (χ1n) is 13.6. The largest absolute Gasteiger partial charge is 0.343 e. The minimum absolute atomic E-state index is 0.0239. The van der Waals surface area contributed by atoms with Crippen molar-refractivity contribution in [3.63, 3.8) is 0 Å². The molecule has 2 aromatic rings. The fraction of sp³-hybridized carbons (Fsp3) is 0.452. The summed E-state index contributed by atoms with van der Waals surface area (Å²) in [5.74, 6) is -1.05. The Morgan fingerprint density at radius 1 is 1.21 bits per heavy atom. The number of benzene rings is 2. The summed E-state index contributed by atoms with van der Waals surface area (Å²) < 4.78 is 14.0. The molecule has 2 fully saturated rings. The van der Waals surface area contributed by atoms with Gasteiger partial charge in [0.05, 0.1) is 12.6 Å². The standard InChI is InChI=1S/C31H39FN4O3/c1-6-31(4,5)27-13-12-26(22-8-7-9-25(32)17-22)36(27)28(37)18-33-29(38)23-11-10-21(19(2)14-23)16-24-15-20(3)34-35-30(24)39/h6-11,14,17,20,24,26-27,34H,1,12-13,15-16,18H2,2-5H3,(H,33,38)(H,35,39)/t20?,24?,26-,27+/m0/s1. The van der Waals surface area contributed by atoms with E-state index in [0.29, 0.717) is 18.4 Å². The van der Waals surface area contributed by atoms with Crippen LogP contribution in [-0.4, -0.2) is 41.2 Å². The van der Waals surface area contributed by atoms with Gasteiger partial charge in [0.1, 0.15) is 5.82 Å². The molecule has 3 amide bonds. The van der Waals surface area contributed by atoms with Gasteiger partial charge in [0, 0.05) is 29.0 Å². The highest BCUT2D eigenvalue weighted by Crippen LogP contribution is 2.43. The van der Waals surface area contributed by atoms with Crippen LogP contribution in [0.5, 0.6) is 0 Å². The van der Waals surface area contributed by atoms with Crippen molar-refractivity contribution in [1.29, 1.82) is 0 Å². The van der Waals surface area contributed by atoms with E-state index in [1.807, 2.05) is 45.9 Å². The summed E-state index contributed by atoms with van der Waals surface area (Å²) in [6, 6.07) is 11.6. The molecule has 0 bridgehead atoms. The van der Waals surface area contributed by atoms with Crippen LogP contribution in [0.4, 0.5) is 4.39 Å². The molecule has 0 aliphatic carbocycles. The Bertz CT molecular complexity index is 1260. The minimum atomic E-state index is -0.349. The molecule has 2 saturated heterocycles. The van der Waals surface area contributed by atoms with Crippen molar-refractivity contribution in [1.82, 2.24) is 21.1 Å². The Morgan fingerprint density at radius 2 is 1.97 bits per heavy atom. The number of rotatable bonds is 8. The highest BCUT2D eigenvalue weighted by Gasteiger charge is 2.44. The van der Waals surface area contributed by atoms with Gasteiger partial charge in [-0.3, -0.25) is 19.8 Å². The molecule has 0 aromatic heterocycles. The van der Waals surface area contributed by atoms with E-state index in [0.717, 1.165) is 29.5 Å². The summed E-state index contributed by atoms with van der Waals surface area (Å²) in [4.78, 5) is 40.6. The zero-order valence-electron chi connectivity index (χ0n) is 23.2. The van der Waals surface area contributed by atoms with Gasteiger partial charge in [-0.15, -0.1) is 6.58 Å². The summed E-state index contributed by atoms with van der Waals surface area (Å²) in [6.45, 7) is 11.8. The molecule has 2 aromatic carbocycles. The van der Waals surface area contributed by atoms with Crippen molar-refractivity contribution in [3.8, 4) is 0 Å². The number of nitrogens with zero attached hydrogens (tertiary/aromatic N) is 1. The molecule has 0 spiro atoms. The normalized spacial score (nSPS) is 23.3. The maximum atomic E-state index is 14.0. The van der Waals surface area contributed by atoms with Gasteiger partial charge in [-0.25, -0.2) is 9.82 Å². The molecule has 8 heteroatoms. The van der Waals surface area contributed by atoms with E-state index < -0.39 is 0 Å². The second kappa shape index (κ2) is 11.7. The van der Waals surface area contributed by atoms with Crippen LogP contribution in [0.15, 0.2) is 55.1 Å². The Hall–Kier alpha value is -3.52. The molecular weight excluding hydrogens is 495 g/mol. The number of carbonyl (C=O) groups excluding carboxylic acids is 3. The lowest BCUT2D eigenvalue weighted by molar-refractivity contribution is -0.135. The Labute approximate surface area is 230 Å². The van der Waals surface area contributed by atoms with E-state index in [1.165, 1.54) is 12.1 Å². The van der Waals surface area contributed by atoms with E-state index in [-0.39, 0.29) is 59.5 Å². The van der Waals surface area contributed by atoms with Crippen molar-refractivity contribution < 1.29 is 18.8 Å². The summed E-state index contributed by atoms with van der Waals surface area (Å²) in [5.41, 5.74) is 8.47. The van der Waals surface area contributed by atoms with Crippen LogP contribution in [0.3, 0.4) is 0 Å². The van der Waals surface area contributed by atoms with Gasteiger partial charge in [0.25, 0.3) is 5.91 Å². The van der Waals surface area contributed by atoms with Gasteiger partial charge in [0.2, 0.25) is 11.8 Å². The monoisotopic (exact) mass is 534 g/mol. The quantitative estimate of drug-likeness (QED) is 0.439. The van der Waals surface area contributed by atoms with E-state index in [4.69, 9.17) is 0 Å². The number of carbonyl (C=O) groups is 3. The van der Waals surface area contributed by atoms with Crippen LogP contribution in [0.2, 0.25) is 0 Å². The van der Waals surface area contributed by atoms with E-state index in [1.54, 1.807) is 23.1 Å². The molecule has 4 rings (SSSR count). The number of nitrogens with one attached hydrogen (secondary N) is 3. The number of hydrazine groups is 1. The van der Waals surface area contributed by atoms with Gasteiger partial charge >= 0.3 is 0 Å². The van der Waals surface area contributed by atoms with Crippen LogP contribution in [0.25, 0.3) is 0 Å². The lowest BCUT2D eigenvalue weighted by Gasteiger charge is -2.38. The van der Waals surface area contributed by atoms with Gasteiger partial charge < -0.3 is 10.2 Å². The highest BCUT2D eigenvalue weighted by molar-refractivity contribution is 5.96. The molecule has 39 heavy (non-hydrogen) atoms. The maximum Gasteiger partial charge on any atom is 0.251 e. The lowest BCUT2D eigenvalue weighted by atomic mass is 9.83. The van der Waals surface area contributed by atoms with Crippen LogP contribution in [-0.2, 0) is 16.0 Å². The number of halogens is 1. The summed E-state index contributed by atoms with van der Waals surface area (Å²) in [6.07, 6.45) is 4.66. The van der Waals surface area contributed by atoms with Crippen LogP contribution >= 0.6 is 0 Å². The fourth-order valence-corrected chi connectivity index (χ4v) is 5.81. The van der Waals surface area contributed by atoms with E-state index >= 15 is 0 Å². The first-order chi connectivity index (χ1) is 18.5. The highest BCUT2D eigenvalue weighted by atomic mass is 19.1. The summed E-state index contributed by atoms with van der Waals surface area (Å²) >= 11 is 0. The van der Waals surface area contributed by atoms with Crippen LogP contribution in [0.1, 0.15) is 73.1 Å². The topological polar surface area (TPSA) is 90.5 Å². The SMILES string of the molecule is C=CC(C)(C)[C@H]1CC[C@@H](c2cccc(F)c2)N1C(=O)CNC(=O)c1ccc(CC2CC(C)NNC2=O)c(C)c1. The van der Waals surface area contributed by atoms with E-state index in [2.05, 4.69) is 22.7 Å². The summed E-state index contributed by atoms with van der Waals surface area (Å²) in [5, 5.41) is 2.79. The fourth-order valence-electron chi connectivity index (χ4n) is 5.81. The number of amides is 3. The van der Waals surface area contributed by atoms with Gasteiger partial charge in [-0.2, -0.15) is 0 Å². The predicted molar refractivity (Wildman–Crippen MR) is 149 cm³/mol. The lowest BCUT2D eigenvalue weighted by Crippen LogP contribution is -2.52. The van der Waals surface area contributed by atoms with Gasteiger partial charge in [0.15, 0.2) is 0 Å². The smallest absolute Gasteiger partial charge is 0.251 e. The molecule has 2 heterocycles. The predicted octanol–water partition coefficient (Wildman–Crippen LogP) is 4.38. The average molecular weight is 535 g/mol. The molecule has 0 saturated carbocycles. The number of aryl methyl sites for hydroxylation is 1. The second-order valence-electron chi connectivity index (χ2n) is 11.5. The van der Waals surface area contributed by atoms with Crippen molar-refractivity contribution in [2.45, 2.75) is 71.5 Å². The third-order valence-electron chi connectivity index (χ3n) is 8.21. The first kappa shape index (κ1) is 28.5. The molecule has 208 valence electrons. The number of likely N-dealkylation sites (tertiary alicyclic amines) is 1. The third kappa shape index (κ3) is 6.38. The molecule has 2 aliphatic heterocycles. The Balaban J connectivity index is 1.45. The number of hydrogen-bond donors (Lipinski definition) is 3. The average Bonchev–Trinajstić information content (AvgIpc) is 3.37. The maximum absolute atomic E-state index is 14.0. The first-order valence-corrected chi connectivity index (χ1v) is 13.6. The molecule has 7 nitrogen and oxygen atoms in total. The van der Waals surface area contributed by atoms with Crippen LogP contribution in [0, 0.1) is 24.1 Å². The molecule has 0 radical (unpaired) electrons. The van der Waals surface area contributed by atoms with Crippen molar-refractivity contribution in [2.24, 2.45) is 11.3 Å². The van der Waals surface area contributed by atoms with Crippen molar-refractivity contribution in [3.05, 3.63) is 83.2 Å². The van der Waals surface area contributed by atoms with E-state index in [9.17, 15) is 18.8 Å². The molecular formula is C31H39FN4O3. The van der Waals surface area contributed by atoms with Crippen molar-refractivity contribution in [2.75, 3.05) is 6.54 Å². The van der Waals surface area contributed by atoms with Gasteiger partial charge in [-0.05, 0) is 80.5 Å². The van der Waals surface area contributed by atoms with Crippen molar-refractivity contribution >= 4 is 17.7 Å². The zero-order chi connectivity index (χ0) is 28.3. The molecule has 2 unspecified atom stereocenters. The second-order valence-corrected chi connectivity index (χ2v) is 11.5. The molecule has 3 N–H and O–H groups in total. The minimum Gasteiger partial charge on any atom is -0.343 e. The Morgan fingerprint density at radius 3 is 2.67 bits per heavy atom. The molecule has 2 aliphatic rings. The molecule has 4 atom stereocenters. The van der Waals surface area contributed by atoms with Crippen LogP contribution < -0.4 is 16.2 Å².